The fraction of sp³-hybridized carbons (Fsp3) is 0.429. The van der Waals surface area contributed by atoms with E-state index in [-0.39, 0.29) is 6.42 Å². The molecule has 1 aromatic heterocycles. The summed E-state index contributed by atoms with van der Waals surface area (Å²) in [5.74, 6) is -0.112. The minimum atomic E-state index is -0.813. The lowest BCUT2D eigenvalue weighted by Gasteiger charge is -1.91. The molecule has 0 aliphatic rings. The average Bonchev–Trinajstić information content (AvgIpc) is 2.31. The van der Waals surface area contributed by atoms with E-state index >= 15 is 0 Å². The highest BCUT2D eigenvalue weighted by molar-refractivity contribution is 5.66. The van der Waals surface area contributed by atoms with Crippen LogP contribution in [0.1, 0.15) is 17.9 Å². The standard InChI is InChI=1S/C7H9NO3/c1-5-6(8-4-11-5)2-3-7(9)10/h4H,2-3H2,1H3,(H,9,10). The van der Waals surface area contributed by atoms with Crippen molar-refractivity contribution in [3.05, 3.63) is 17.8 Å². The Balaban J connectivity index is 2.51. The lowest BCUT2D eigenvalue weighted by atomic mass is 10.2. The Morgan fingerprint density at radius 2 is 2.55 bits per heavy atom. The smallest absolute Gasteiger partial charge is 0.303 e. The normalized spacial score (nSPS) is 9.91. The number of nitrogens with zero attached hydrogens (tertiary/aromatic N) is 1. The van der Waals surface area contributed by atoms with Gasteiger partial charge in [-0.25, -0.2) is 4.98 Å². The lowest BCUT2D eigenvalue weighted by molar-refractivity contribution is -0.136. The molecule has 0 bridgehead atoms. The van der Waals surface area contributed by atoms with Gasteiger partial charge in [0.05, 0.1) is 12.1 Å². The van der Waals surface area contributed by atoms with E-state index in [0.29, 0.717) is 12.2 Å². The Morgan fingerprint density at radius 3 is 3.00 bits per heavy atom. The first-order valence-corrected chi connectivity index (χ1v) is 3.31. The molecule has 60 valence electrons. The summed E-state index contributed by atoms with van der Waals surface area (Å²) in [6, 6.07) is 0. The van der Waals surface area contributed by atoms with Crippen LogP contribution in [0.15, 0.2) is 10.8 Å². The number of oxazole rings is 1. The number of hydrogen-bond acceptors (Lipinski definition) is 3. The number of rotatable bonds is 3. The second-order valence-electron chi connectivity index (χ2n) is 2.25. The number of aliphatic carboxylic acids is 1. The minimum Gasteiger partial charge on any atom is -0.481 e. The van der Waals surface area contributed by atoms with Crippen LogP contribution in [-0.4, -0.2) is 16.1 Å². The number of aryl methyl sites for hydroxylation is 2. The summed E-state index contributed by atoms with van der Waals surface area (Å²) < 4.78 is 4.89. The van der Waals surface area contributed by atoms with Crippen molar-refractivity contribution < 1.29 is 14.3 Å². The second-order valence-corrected chi connectivity index (χ2v) is 2.25. The van der Waals surface area contributed by atoms with E-state index in [1.807, 2.05) is 0 Å². The minimum absolute atomic E-state index is 0.105. The van der Waals surface area contributed by atoms with Crippen molar-refractivity contribution in [1.82, 2.24) is 4.98 Å². The Labute approximate surface area is 63.9 Å². The van der Waals surface area contributed by atoms with Gasteiger partial charge in [0.1, 0.15) is 5.76 Å². The number of carboxylic acid groups (broad SMARTS) is 1. The third kappa shape index (κ3) is 2.07. The maximum atomic E-state index is 10.1. The van der Waals surface area contributed by atoms with Crippen LogP contribution >= 0.6 is 0 Å². The molecule has 0 spiro atoms. The van der Waals surface area contributed by atoms with Gasteiger partial charge in [0.25, 0.3) is 0 Å². The van der Waals surface area contributed by atoms with E-state index in [2.05, 4.69) is 4.98 Å². The Bertz CT molecular complexity index is 254. The molecular weight excluding hydrogens is 146 g/mol. The van der Waals surface area contributed by atoms with E-state index in [4.69, 9.17) is 9.52 Å². The van der Waals surface area contributed by atoms with Crippen LogP contribution in [0, 0.1) is 6.92 Å². The van der Waals surface area contributed by atoms with Crippen LogP contribution in [0.3, 0.4) is 0 Å². The quantitative estimate of drug-likeness (QED) is 0.707. The monoisotopic (exact) mass is 155 g/mol. The zero-order chi connectivity index (χ0) is 8.27. The topological polar surface area (TPSA) is 63.3 Å². The Kier molecular flexibility index (Phi) is 2.25. The van der Waals surface area contributed by atoms with Crippen molar-refractivity contribution in [2.75, 3.05) is 0 Å². The summed E-state index contributed by atoms with van der Waals surface area (Å²) in [6.07, 6.45) is 1.87. The van der Waals surface area contributed by atoms with Gasteiger partial charge in [-0.1, -0.05) is 0 Å². The van der Waals surface area contributed by atoms with Crippen LogP contribution in [0.2, 0.25) is 0 Å². The maximum absolute atomic E-state index is 10.1. The van der Waals surface area contributed by atoms with Gasteiger partial charge in [0.15, 0.2) is 6.39 Å². The highest BCUT2D eigenvalue weighted by atomic mass is 16.4. The Hall–Kier alpha value is -1.32. The molecule has 0 unspecified atom stereocenters. The van der Waals surface area contributed by atoms with Crippen molar-refractivity contribution in [2.24, 2.45) is 0 Å². The SMILES string of the molecule is Cc1ocnc1CCC(=O)O. The van der Waals surface area contributed by atoms with Gasteiger partial charge in [-0.2, -0.15) is 0 Å². The van der Waals surface area contributed by atoms with Gasteiger partial charge >= 0.3 is 5.97 Å². The lowest BCUT2D eigenvalue weighted by Crippen LogP contribution is -1.98. The average molecular weight is 155 g/mol. The molecule has 1 aromatic rings. The van der Waals surface area contributed by atoms with Gasteiger partial charge < -0.3 is 9.52 Å². The summed E-state index contributed by atoms with van der Waals surface area (Å²) in [5.41, 5.74) is 0.729. The van der Waals surface area contributed by atoms with Crippen molar-refractivity contribution in [3.63, 3.8) is 0 Å². The van der Waals surface area contributed by atoms with Gasteiger partial charge in [-0.3, -0.25) is 4.79 Å². The number of carboxylic acids is 1. The molecular formula is C7H9NO3. The van der Waals surface area contributed by atoms with Crippen LogP contribution in [0.4, 0.5) is 0 Å². The molecule has 11 heavy (non-hydrogen) atoms. The third-order valence-electron chi connectivity index (χ3n) is 1.42. The fourth-order valence-corrected chi connectivity index (χ4v) is 0.794. The van der Waals surface area contributed by atoms with Crippen LogP contribution < -0.4 is 0 Å². The summed E-state index contributed by atoms with van der Waals surface area (Å²) in [5, 5.41) is 8.34. The van der Waals surface area contributed by atoms with Crippen molar-refractivity contribution >= 4 is 5.97 Å². The maximum Gasteiger partial charge on any atom is 0.303 e. The predicted molar refractivity (Wildman–Crippen MR) is 37.2 cm³/mol. The summed E-state index contributed by atoms with van der Waals surface area (Å²) in [4.78, 5) is 14.0. The second kappa shape index (κ2) is 3.18. The molecule has 0 atom stereocenters. The predicted octanol–water partition coefficient (Wildman–Crippen LogP) is 1.00. The molecule has 0 radical (unpaired) electrons. The number of aromatic nitrogens is 1. The van der Waals surface area contributed by atoms with E-state index in [9.17, 15) is 4.79 Å². The van der Waals surface area contributed by atoms with E-state index in [0.717, 1.165) is 5.69 Å². The first-order chi connectivity index (χ1) is 5.20. The van der Waals surface area contributed by atoms with Gasteiger partial charge in [0.2, 0.25) is 0 Å². The fourth-order valence-electron chi connectivity index (χ4n) is 0.794. The Morgan fingerprint density at radius 1 is 1.82 bits per heavy atom. The van der Waals surface area contributed by atoms with Crippen LogP contribution in [0.25, 0.3) is 0 Å². The molecule has 1 heterocycles. The number of carbonyl (C=O) groups is 1. The zero-order valence-corrected chi connectivity index (χ0v) is 6.20. The van der Waals surface area contributed by atoms with Gasteiger partial charge in [-0.05, 0) is 6.92 Å². The third-order valence-corrected chi connectivity index (χ3v) is 1.42. The summed E-state index contributed by atoms with van der Waals surface area (Å²) in [6.45, 7) is 1.77. The first-order valence-electron chi connectivity index (χ1n) is 3.31. The molecule has 0 saturated heterocycles. The molecule has 0 saturated carbocycles. The van der Waals surface area contributed by atoms with Crippen LogP contribution in [-0.2, 0) is 11.2 Å². The molecule has 0 aliphatic heterocycles. The molecule has 4 heteroatoms. The van der Waals surface area contributed by atoms with E-state index < -0.39 is 5.97 Å². The van der Waals surface area contributed by atoms with Gasteiger partial charge in [0, 0.05) is 6.42 Å². The summed E-state index contributed by atoms with van der Waals surface area (Å²) in [7, 11) is 0. The zero-order valence-electron chi connectivity index (χ0n) is 6.20. The van der Waals surface area contributed by atoms with Crippen LogP contribution in [0.5, 0.6) is 0 Å². The largest absolute Gasteiger partial charge is 0.481 e. The van der Waals surface area contributed by atoms with Crippen molar-refractivity contribution in [1.29, 1.82) is 0 Å². The molecule has 0 aliphatic carbocycles. The van der Waals surface area contributed by atoms with Gasteiger partial charge in [-0.15, -0.1) is 0 Å². The van der Waals surface area contributed by atoms with E-state index in [1.165, 1.54) is 6.39 Å². The van der Waals surface area contributed by atoms with E-state index in [1.54, 1.807) is 6.92 Å². The molecule has 0 amide bonds. The highest BCUT2D eigenvalue weighted by Gasteiger charge is 2.04. The van der Waals surface area contributed by atoms with Crippen molar-refractivity contribution in [2.45, 2.75) is 19.8 Å². The highest BCUT2D eigenvalue weighted by Crippen LogP contribution is 2.06. The van der Waals surface area contributed by atoms with Crippen molar-refractivity contribution in [3.8, 4) is 0 Å². The summed E-state index contributed by atoms with van der Waals surface area (Å²) >= 11 is 0. The first kappa shape index (κ1) is 7.78. The molecule has 1 rings (SSSR count). The molecule has 0 fully saturated rings. The number of hydrogen-bond donors (Lipinski definition) is 1. The molecule has 4 nitrogen and oxygen atoms in total. The molecule has 0 aromatic carbocycles. The molecule has 1 N–H and O–H groups in total.